The van der Waals surface area contributed by atoms with Crippen molar-refractivity contribution in [3.8, 4) is 0 Å². The molecule has 0 radical (unpaired) electrons. The van der Waals surface area contributed by atoms with Gasteiger partial charge in [-0.05, 0) is 0 Å². The third-order valence-corrected chi connectivity index (χ3v) is 2.47. The Hall–Kier alpha value is 0.590. The van der Waals surface area contributed by atoms with Gasteiger partial charge >= 0.3 is 15.2 Å². The molecule has 0 saturated carbocycles. The molecule has 0 aromatic rings. The Kier molecular flexibility index (Phi) is 11.7. The average Bonchev–Trinajstić information content (AvgIpc) is 1.86. The van der Waals surface area contributed by atoms with Crippen LogP contribution < -0.4 is 0 Å². The predicted octanol–water partition coefficient (Wildman–Crippen LogP) is 0.790. The van der Waals surface area contributed by atoms with Gasteiger partial charge in [-0.2, -0.15) is 0 Å². The van der Waals surface area contributed by atoms with Gasteiger partial charge < -0.3 is 19.6 Å². The van der Waals surface area contributed by atoms with Crippen LogP contribution >= 0.6 is 27.6 Å². The molecule has 0 saturated heterocycles. The fraction of sp³-hybridized carbons (Fsp3) is 1.00. The first-order valence-electron chi connectivity index (χ1n) is 3.21. The van der Waals surface area contributed by atoms with E-state index in [2.05, 4.69) is 0 Å². The van der Waals surface area contributed by atoms with Gasteiger partial charge in [-0.3, -0.25) is 9.13 Å². The van der Waals surface area contributed by atoms with Crippen LogP contribution in [-0.4, -0.2) is 31.9 Å². The molecule has 84 valence electrons. The summed E-state index contributed by atoms with van der Waals surface area (Å²) < 4.78 is 19.4. The van der Waals surface area contributed by atoms with E-state index in [-0.39, 0.29) is 24.7 Å². The monoisotopic (exact) mass is 256 g/mol. The highest BCUT2D eigenvalue weighted by atomic mass is 35.5. The maximum absolute atomic E-state index is 9.69. The van der Waals surface area contributed by atoms with Gasteiger partial charge in [-0.25, -0.2) is 0 Å². The first-order valence-corrected chi connectivity index (χ1v) is 6.81. The molecule has 0 heterocycles. The maximum atomic E-state index is 9.69. The maximum Gasteiger partial charge on any atom is 0.325 e. The molecule has 0 aromatic carbocycles. The van der Waals surface area contributed by atoms with Gasteiger partial charge in [0.2, 0.25) is 0 Å². The number of halogens is 1. The predicted molar refractivity (Wildman–Crippen MR) is 52.4 cm³/mol. The van der Waals surface area contributed by atoms with E-state index < -0.39 is 15.2 Å². The van der Waals surface area contributed by atoms with Crippen molar-refractivity contribution in [2.24, 2.45) is 0 Å². The summed E-state index contributed by atoms with van der Waals surface area (Å²) in [6, 6.07) is 0. The number of rotatable bonds is 2. The van der Waals surface area contributed by atoms with Gasteiger partial charge in [-0.1, -0.05) is 13.8 Å². The first kappa shape index (κ1) is 19.2. The largest absolute Gasteiger partial charge is 0.325 e. The highest BCUT2D eigenvalue weighted by molar-refractivity contribution is 7.51. The topological polar surface area (TPSA) is 115 Å². The summed E-state index contributed by atoms with van der Waals surface area (Å²) in [7, 11) is -7.29. The molecule has 6 nitrogen and oxygen atoms in total. The Labute approximate surface area is 83.1 Å². The van der Waals surface area contributed by atoms with Gasteiger partial charge in [0.25, 0.3) is 0 Å². The lowest BCUT2D eigenvalue weighted by Crippen LogP contribution is -1.76. The molecule has 0 bridgehead atoms. The summed E-state index contributed by atoms with van der Waals surface area (Å²) in [5, 5.41) is 0. The third kappa shape index (κ3) is 32.5. The Bertz CT molecular complexity index is 173. The van der Waals surface area contributed by atoms with Crippen LogP contribution in [0.3, 0.4) is 0 Å². The van der Waals surface area contributed by atoms with E-state index in [0.717, 1.165) is 0 Å². The Morgan fingerprint density at radius 2 is 0.923 bits per heavy atom. The highest BCUT2D eigenvalue weighted by Gasteiger charge is 2.05. The van der Waals surface area contributed by atoms with Crippen LogP contribution in [0.4, 0.5) is 0 Å². The minimum atomic E-state index is -3.65. The van der Waals surface area contributed by atoms with E-state index in [9.17, 15) is 9.13 Å². The van der Waals surface area contributed by atoms with Crippen molar-refractivity contribution in [3.63, 3.8) is 0 Å². The van der Waals surface area contributed by atoms with Crippen molar-refractivity contribution in [1.82, 2.24) is 0 Å². The minimum absolute atomic E-state index is 0. The van der Waals surface area contributed by atoms with Crippen molar-refractivity contribution < 1.29 is 28.7 Å². The molecule has 0 aliphatic carbocycles. The van der Waals surface area contributed by atoms with E-state index >= 15 is 0 Å². The summed E-state index contributed by atoms with van der Waals surface area (Å²) in [6.07, 6.45) is -0.125. The van der Waals surface area contributed by atoms with Gasteiger partial charge in [0.05, 0.1) is 0 Å². The fourth-order valence-electron chi connectivity index (χ4n) is 0. The Morgan fingerprint density at radius 1 is 0.846 bits per heavy atom. The molecule has 0 rings (SSSR count). The molecule has 0 aliphatic rings. The third-order valence-electron chi connectivity index (χ3n) is 0.824. The second-order valence-electron chi connectivity index (χ2n) is 1.96. The number of hydrogen-bond donors (Lipinski definition) is 4. The van der Waals surface area contributed by atoms with Crippen LogP contribution in [-0.2, 0) is 9.13 Å². The zero-order chi connectivity index (χ0) is 10.4. The molecule has 0 spiro atoms. The molecular weight excluding hydrogens is 241 g/mol. The summed E-state index contributed by atoms with van der Waals surface area (Å²) in [5.41, 5.74) is 0. The van der Waals surface area contributed by atoms with E-state index in [1.54, 1.807) is 0 Å². The lowest BCUT2D eigenvalue weighted by atomic mass is 11.0. The van der Waals surface area contributed by atoms with E-state index in [1.807, 2.05) is 0 Å². The van der Waals surface area contributed by atoms with Crippen molar-refractivity contribution in [2.75, 3.05) is 12.3 Å². The molecule has 13 heavy (non-hydrogen) atoms. The summed E-state index contributed by atoms with van der Waals surface area (Å²) in [6.45, 7) is 2.89. The van der Waals surface area contributed by atoms with Crippen LogP contribution in [0, 0.1) is 0 Å². The van der Waals surface area contributed by atoms with Crippen LogP contribution in [0.25, 0.3) is 0 Å². The Balaban J connectivity index is -0.000000143. The average molecular weight is 257 g/mol. The fourth-order valence-corrected chi connectivity index (χ4v) is 0. The van der Waals surface area contributed by atoms with E-state index in [0.29, 0.717) is 0 Å². The smallest absolute Gasteiger partial charge is 0.324 e. The van der Waals surface area contributed by atoms with Gasteiger partial charge in [0.1, 0.15) is 0 Å². The minimum Gasteiger partial charge on any atom is -0.324 e. The second kappa shape index (κ2) is 7.94. The summed E-state index contributed by atoms with van der Waals surface area (Å²) in [5.74, 6) is 0. The first-order chi connectivity index (χ1) is 5.12. The molecule has 0 fully saturated rings. The molecule has 0 aromatic heterocycles. The molecule has 4 N–H and O–H groups in total. The van der Waals surface area contributed by atoms with Crippen LogP contribution in [0.1, 0.15) is 13.8 Å². The lowest BCUT2D eigenvalue weighted by molar-refractivity contribution is 0.372. The molecule has 9 heteroatoms. The Morgan fingerprint density at radius 3 is 0.923 bits per heavy atom. The SMILES string of the molecule is CCP(=O)(O)O.CCP(=O)(O)O.Cl. The lowest BCUT2D eigenvalue weighted by Gasteiger charge is -1.92. The quantitative estimate of drug-likeness (QED) is 0.543. The summed E-state index contributed by atoms with van der Waals surface area (Å²) >= 11 is 0. The van der Waals surface area contributed by atoms with Gasteiger partial charge in [-0.15, -0.1) is 12.4 Å². The van der Waals surface area contributed by atoms with E-state index in [4.69, 9.17) is 19.6 Å². The van der Waals surface area contributed by atoms with Crippen molar-refractivity contribution in [3.05, 3.63) is 0 Å². The standard InChI is InChI=1S/2C2H7O3P.ClH/c2*1-2-6(3,4)5;/h2*2H2,1H3,(H2,3,4,5);1H. The van der Waals surface area contributed by atoms with Crippen LogP contribution in [0.2, 0.25) is 0 Å². The molecule has 0 amide bonds. The molecular formula is C4H15ClO6P2. The zero-order valence-corrected chi connectivity index (χ0v) is 9.93. The number of hydrogen-bond acceptors (Lipinski definition) is 2. The van der Waals surface area contributed by atoms with Crippen molar-refractivity contribution >= 4 is 27.6 Å². The van der Waals surface area contributed by atoms with Crippen LogP contribution in [0.15, 0.2) is 0 Å². The normalized spacial score (nSPS) is 10.9. The van der Waals surface area contributed by atoms with Crippen LogP contribution in [0.5, 0.6) is 0 Å². The highest BCUT2D eigenvalue weighted by Crippen LogP contribution is 2.32. The van der Waals surface area contributed by atoms with Gasteiger partial charge in [0, 0.05) is 12.3 Å². The van der Waals surface area contributed by atoms with Crippen molar-refractivity contribution in [2.45, 2.75) is 13.8 Å². The molecule has 0 unspecified atom stereocenters. The second-order valence-corrected chi connectivity index (χ2v) is 5.89. The molecule has 0 aliphatic heterocycles. The molecule has 0 atom stereocenters. The van der Waals surface area contributed by atoms with Gasteiger partial charge in [0.15, 0.2) is 0 Å². The summed E-state index contributed by atoms with van der Waals surface area (Å²) in [4.78, 5) is 31.8. The van der Waals surface area contributed by atoms with Crippen molar-refractivity contribution in [1.29, 1.82) is 0 Å². The zero-order valence-electron chi connectivity index (χ0n) is 7.32. The van der Waals surface area contributed by atoms with E-state index in [1.165, 1.54) is 13.8 Å².